The first kappa shape index (κ1) is 15.9. The SMILES string of the molecule is CCNC(c1ccc(C)c(F)c1)c1cc(C)c(F)cc1Cl. The molecule has 0 radical (unpaired) electrons. The van der Waals surface area contributed by atoms with Crippen molar-refractivity contribution >= 4 is 11.6 Å². The molecule has 1 atom stereocenters. The first-order valence-electron chi connectivity index (χ1n) is 6.89. The molecule has 1 unspecified atom stereocenters. The van der Waals surface area contributed by atoms with Crippen LogP contribution in [-0.2, 0) is 0 Å². The predicted octanol–water partition coefficient (Wildman–Crippen LogP) is 4.93. The summed E-state index contributed by atoms with van der Waals surface area (Å²) in [6.07, 6.45) is 0. The minimum absolute atomic E-state index is 0.259. The zero-order valence-electron chi connectivity index (χ0n) is 12.3. The van der Waals surface area contributed by atoms with E-state index in [1.165, 1.54) is 12.1 Å². The Kier molecular flexibility index (Phi) is 4.96. The number of nitrogens with one attached hydrogen (secondary N) is 1. The van der Waals surface area contributed by atoms with E-state index >= 15 is 0 Å². The number of halogens is 3. The fourth-order valence-corrected chi connectivity index (χ4v) is 2.56. The van der Waals surface area contributed by atoms with Crippen LogP contribution in [0.5, 0.6) is 0 Å². The van der Waals surface area contributed by atoms with E-state index in [1.807, 2.05) is 13.0 Å². The average molecular weight is 310 g/mol. The van der Waals surface area contributed by atoms with Crippen LogP contribution in [0.2, 0.25) is 5.02 Å². The quantitative estimate of drug-likeness (QED) is 0.844. The van der Waals surface area contributed by atoms with Crippen LogP contribution >= 0.6 is 11.6 Å². The van der Waals surface area contributed by atoms with Gasteiger partial charge in [-0.3, -0.25) is 0 Å². The van der Waals surface area contributed by atoms with Gasteiger partial charge in [0.25, 0.3) is 0 Å². The van der Waals surface area contributed by atoms with E-state index in [-0.39, 0.29) is 17.7 Å². The molecular weight excluding hydrogens is 292 g/mol. The van der Waals surface area contributed by atoms with Gasteiger partial charge in [-0.15, -0.1) is 0 Å². The topological polar surface area (TPSA) is 12.0 Å². The second-order valence-electron chi connectivity index (χ2n) is 5.12. The fraction of sp³-hybridized carbons (Fsp3) is 0.294. The van der Waals surface area contributed by atoms with Gasteiger partial charge in [-0.05, 0) is 60.8 Å². The lowest BCUT2D eigenvalue weighted by Crippen LogP contribution is -2.22. The zero-order valence-corrected chi connectivity index (χ0v) is 13.1. The van der Waals surface area contributed by atoms with Crippen molar-refractivity contribution in [1.29, 1.82) is 0 Å². The Morgan fingerprint density at radius 3 is 2.33 bits per heavy atom. The highest BCUT2D eigenvalue weighted by Crippen LogP contribution is 2.31. The van der Waals surface area contributed by atoms with Gasteiger partial charge < -0.3 is 5.32 Å². The van der Waals surface area contributed by atoms with Crippen molar-refractivity contribution in [2.45, 2.75) is 26.8 Å². The van der Waals surface area contributed by atoms with E-state index in [9.17, 15) is 8.78 Å². The Morgan fingerprint density at radius 2 is 1.71 bits per heavy atom. The Morgan fingerprint density at radius 1 is 1.05 bits per heavy atom. The summed E-state index contributed by atoms with van der Waals surface area (Å²) < 4.78 is 27.4. The molecule has 0 saturated carbocycles. The molecule has 0 aliphatic rings. The fourth-order valence-electron chi connectivity index (χ4n) is 2.30. The van der Waals surface area contributed by atoms with Gasteiger partial charge in [0.15, 0.2) is 0 Å². The molecule has 0 heterocycles. The summed E-state index contributed by atoms with van der Waals surface area (Å²) in [6, 6.07) is 7.85. The van der Waals surface area contributed by atoms with E-state index < -0.39 is 0 Å². The molecule has 0 aliphatic heterocycles. The molecule has 0 amide bonds. The summed E-state index contributed by atoms with van der Waals surface area (Å²) in [6.45, 7) is 6.05. The Labute approximate surface area is 128 Å². The van der Waals surface area contributed by atoms with E-state index in [0.29, 0.717) is 22.7 Å². The molecule has 0 bridgehead atoms. The van der Waals surface area contributed by atoms with Crippen molar-refractivity contribution in [2.24, 2.45) is 0 Å². The van der Waals surface area contributed by atoms with Crippen molar-refractivity contribution in [3.8, 4) is 0 Å². The maximum atomic E-state index is 13.8. The molecule has 0 aromatic heterocycles. The van der Waals surface area contributed by atoms with Crippen molar-refractivity contribution in [3.05, 3.63) is 69.2 Å². The molecule has 2 rings (SSSR count). The highest BCUT2D eigenvalue weighted by atomic mass is 35.5. The first-order chi connectivity index (χ1) is 9.93. The maximum absolute atomic E-state index is 13.8. The molecule has 0 aliphatic carbocycles. The molecule has 4 heteroatoms. The Balaban J connectivity index is 2.52. The van der Waals surface area contributed by atoms with Gasteiger partial charge in [0.05, 0.1) is 6.04 Å². The molecule has 0 saturated heterocycles. The predicted molar refractivity (Wildman–Crippen MR) is 82.8 cm³/mol. The van der Waals surface area contributed by atoms with E-state index in [2.05, 4.69) is 5.32 Å². The zero-order chi connectivity index (χ0) is 15.6. The van der Waals surface area contributed by atoms with Gasteiger partial charge >= 0.3 is 0 Å². The van der Waals surface area contributed by atoms with Gasteiger partial charge in [0, 0.05) is 5.02 Å². The van der Waals surface area contributed by atoms with Gasteiger partial charge in [-0.2, -0.15) is 0 Å². The average Bonchev–Trinajstić information content (AvgIpc) is 2.44. The van der Waals surface area contributed by atoms with E-state index in [4.69, 9.17) is 11.6 Å². The third-order valence-corrected chi connectivity index (χ3v) is 3.85. The molecule has 21 heavy (non-hydrogen) atoms. The van der Waals surface area contributed by atoms with Crippen molar-refractivity contribution in [2.75, 3.05) is 6.54 Å². The van der Waals surface area contributed by atoms with E-state index in [1.54, 1.807) is 26.0 Å². The molecule has 1 nitrogen and oxygen atoms in total. The normalized spacial score (nSPS) is 12.5. The maximum Gasteiger partial charge on any atom is 0.127 e. The molecule has 0 fully saturated rings. The summed E-state index contributed by atoms with van der Waals surface area (Å²) in [5.41, 5.74) is 2.63. The third-order valence-electron chi connectivity index (χ3n) is 3.53. The molecule has 2 aromatic rings. The Hall–Kier alpha value is -1.45. The van der Waals surface area contributed by atoms with Crippen LogP contribution in [0.25, 0.3) is 0 Å². The third kappa shape index (κ3) is 3.42. The summed E-state index contributed by atoms with van der Waals surface area (Å²) in [5.74, 6) is -0.598. The molecule has 1 N–H and O–H groups in total. The molecular formula is C17H18ClF2N. The summed E-state index contributed by atoms with van der Waals surface area (Å²) in [4.78, 5) is 0. The van der Waals surface area contributed by atoms with E-state index in [0.717, 1.165) is 11.1 Å². The van der Waals surface area contributed by atoms with Crippen molar-refractivity contribution in [3.63, 3.8) is 0 Å². The largest absolute Gasteiger partial charge is 0.306 e. The number of hydrogen-bond donors (Lipinski definition) is 1. The van der Waals surface area contributed by atoms with Crippen LogP contribution in [0.1, 0.15) is 35.2 Å². The van der Waals surface area contributed by atoms with Gasteiger partial charge in [0.2, 0.25) is 0 Å². The smallest absolute Gasteiger partial charge is 0.127 e. The van der Waals surface area contributed by atoms with Crippen LogP contribution in [-0.4, -0.2) is 6.54 Å². The van der Waals surface area contributed by atoms with Gasteiger partial charge in [-0.1, -0.05) is 30.7 Å². The minimum Gasteiger partial charge on any atom is -0.306 e. The van der Waals surface area contributed by atoms with Gasteiger partial charge in [-0.25, -0.2) is 8.78 Å². The van der Waals surface area contributed by atoms with Crippen molar-refractivity contribution in [1.82, 2.24) is 5.32 Å². The summed E-state index contributed by atoms with van der Waals surface area (Å²) in [7, 11) is 0. The standard InChI is InChI=1S/C17H18ClF2N/c1-4-21-17(12-6-5-10(2)15(19)8-12)13-7-11(3)16(20)9-14(13)18/h5-9,17,21H,4H2,1-3H3. The molecule has 2 aromatic carbocycles. The van der Waals surface area contributed by atoms with Crippen LogP contribution in [0.4, 0.5) is 8.78 Å². The highest BCUT2D eigenvalue weighted by molar-refractivity contribution is 6.31. The summed E-state index contributed by atoms with van der Waals surface area (Å²) >= 11 is 6.18. The monoisotopic (exact) mass is 309 g/mol. The summed E-state index contributed by atoms with van der Waals surface area (Å²) in [5, 5.41) is 3.61. The lowest BCUT2D eigenvalue weighted by Gasteiger charge is -2.21. The number of hydrogen-bond acceptors (Lipinski definition) is 1. The van der Waals surface area contributed by atoms with Gasteiger partial charge in [0.1, 0.15) is 11.6 Å². The highest BCUT2D eigenvalue weighted by Gasteiger charge is 2.18. The Bertz CT molecular complexity index is 655. The lowest BCUT2D eigenvalue weighted by atomic mass is 9.96. The van der Waals surface area contributed by atoms with Crippen LogP contribution in [0.15, 0.2) is 30.3 Å². The van der Waals surface area contributed by atoms with Crippen molar-refractivity contribution < 1.29 is 8.78 Å². The minimum atomic E-state index is -0.339. The lowest BCUT2D eigenvalue weighted by molar-refractivity contribution is 0.592. The van der Waals surface area contributed by atoms with Crippen LogP contribution in [0.3, 0.4) is 0 Å². The number of benzene rings is 2. The molecule has 112 valence electrons. The second kappa shape index (κ2) is 6.54. The second-order valence-corrected chi connectivity index (χ2v) is 5.53. The number of rotatable bonds is 4. The number of aryl methyl sites for hydroxylation is 2. The van der Waals surface area contributed by atoms with Crippen LogP contribution in [0, 0.1) is 25.5 Å². The molecule has 0 spiro atoms. The first-order valence-corrected chi connectivity index (χ1v) is 7.26. The van der Waals surface area contributed by atoms with Crippen LogP contribution < -0.4 is 5.32 Å².